The standard InChI is InChI=1S/C12H21N3O2/c1-8(2)6-15-10(7-16)13-14-12(15)11-9(3)4-5-17-11/h8-9,11,16H,4-7H2,1-3H3. The second-order valence-electron chi connectivity index (χ2n) is 5.19. The Balaban J connectivity index is 2.29. The van der Waals surface area contributed by atoms with Crippen LogP contribution in [-0.4, -0.2) is 26.5 Å². The molecule has 0 aromatic carbocycles. The summed E-state index contributed by atoms with van der Waals surface area (Å²) >= 11 is 0. The normalized spacial score (nSPS) is 24.8. The lowest BCUT2D eigenvalue weighted by molar-refractivity contribution is 0.0828. The molecule has 2 atom stereocenters. The van der Waals surface area contributed by atoms with Crippen LogP contribution in [0, 0.1) is 11.8 Å². The van der Waals surface area contributed by atoms with Crippen molar-refractivity contribution in [2.24, 2.45) is 11.8 Å². The molecule has 5 nitrogen and oxygen atoms in total. The van der Waals surface area contributed by atoms with Gasteiger partial charge in [-0.1, -0.05) is 20.8 Å². The molecule has 1 aromatic heterocycles. The SMILES string of the molecule is CC(C)Cn1c(CO)nnc1C1OCCC1C. The maximum atomic E-state index is 9.29. The van der Waals surface area contributed by atoms with Crippen molar-refractivity contribution in [3.8, 4) is 0 Å². The molecule has 1 aromatic rings. The fourth-order valence-corrected chi connectivity index (χ4v) is 2.27. The summed E-state index contributed by atoms with van der Waals surface area (Å²) in [5.74, 6) is 2.47. The Bertz CT molecular complexity index is 376. The van der Waals surface area contributed by atoms with Crippen LogP contribution in [0.4, 0.5) is 0 Å². The number of hydrogen-bond donors (Lipinski definition) is 1. The van der Waals surface area contributed by atoms with Gasteiger partial charge in [0.1, 0.15) is 12.7 Å². The highest BCUT2D eigenvalue weighted by atomic mass is 16.5. The molecule has 1 aliphatic heterocycles. The minimum atomic E-state index is -0.0686. The number of aliphatic hydroxyl groups excluding tert-OH is 1. The molecule has 1 aliphatic rings. The first-order chi connectivity index (χ1) is 8.13. The van der Waals surface area contributed by atoms with E-state index < -0.39 is 0 Å². The van der Waals surface area contributed by atoms with Crippen LogP contribution in [0.5, 0.6) is 0 Å². The van der Waals surface area contributed by atoms with Crippen LogP contribution in [0.1, 0.15) is 44.9 Å². The van der Waals surface area contributed by atoms with Gasteiger partial charge >= 0.3 is 0 Å². The van der Waals surface area contributed by atoms with Gasteiger partial charge in [0.2, 0.25) is 0 Å². The van der Waals surface area contributed by atoms with Crippen LogP contribution >= 0.6 is 0 Å². The fourth-order valence-electron chi connectivity index (χ4n) is 2.27. The first-order valence-corrected chi connectivity index (χ1v) is 6.28. The van der Waals surface area contributed by atoms with E-state index >= 15 is 0 Å². The van der Waals surface area contributed by atoms with Gasteiger partial charge in [-0.2, -0.15) is 0 Å². The Morgan fingerprint density at radius 3 is 2.76 bits per heavy atom. The highest BCUT2D eigenvalue weighted by molar-refractivity contribution is 5.02. The van der Waals surface area contributed by atoms with Crippen LogP contribution in [0.2, 0.25) is 0 Å². The summed E-state index contributed by atoms with van der Waals surface area (Å²) in [6.07, 6.45) is 1.09. The van der Waals surface area contributed by atoms with Crippen molar-refractivity contribution in [2.45, 2.75) is 46.4 Å². The van der Waals surface area contributed by atoms with Gasteiger partial charge < -0.3 is 14.4 Å². The molecule has 0 radical (unpaired) electrons. The number of rotatable bonds is 4. The maximum Gasteiger partial charge on any atom is 0.162 e. The predicted molar refractivity (Wildman–Crippen MR) is 63.3 cm³/mol. The molecule has 2 rings (SSSR count). The molecule has 2 heterocycles. The first kappa shape index (κ1) is 12.5. The van der Waals surface area contributed by atoms with Crippen molar-refractivity contribution in [3.05, 3.63) is 11.6 Å². The lowest BCUT2D eigenvalue weighted by Gasteiger charge is -2.17. The molecule has 17 heavy (non-hydrogen) atoms. The summed E-state index contributed by atoms with van der Waals surface area (Å²) in [5, 5.41) is 17.5. The van der Waals surface area contributed by atoms with Crippen LogP contribution in [-0.2, 0) is 17.9 Å². The summed E-state index contributed by atoms with van der Waals surface area (Å²) in [6, 6.07) is 0. The van der Waals surface area contributed by atoms with E-state index in [1.807, 2.05) is 4.57 Å². The minimum Gasteiger partial charge on any atom is -0.388 e. The van der Waals surface area contributed by atoms with Crippen molar-refractivity contribution in [1.82, 2.24) is 14.8 Å². The lowest BCUT2D eigenvalue weighted by Crippen LogP contribution is -2.17. The molecule has 96 valence electrons. The predicted octanol–water partition coefficient (Wildman–Crippen LogP) is 1.52. The van der Waals surface area contributed by atoms with Crippen LogP contribution < -0.4 is 0 Å². The number of hydrogen-bond acceptors (Lipinski definition) is 4. The van der Waals surface area contributed by atoms with E-state index in [0.29, 0.717) is 17.7 Å². The number of aromatic nitrogens is 3. The second-order valence-corrected chi connectivity index (χ2v) is 5.19. The Hall–Kier alpha value is -0.940. The van der Waals surface area contributed by atoms with Gasteiger partial charge in [0.05, 0.1) is 0 Å². The van der Waals surface area contributed by atoms with Gasteiger partial charge in [0.25, 0.3) is 0 Å². The van der Waals surface area contributed by atoms with Crippen molar-refractivity contribution in [1.29, 1.82) is 0 Å². The Morgan fingerprint density at radius 2 is 2.24 bits per heavy atom. The summed E-state index contributed by atoms with van der Waals surface area (Å²) in [5.41, 5.74) is 0. The van der Waals surface area contributed by atoms with Crippen molar-refractivity contribution >= 4 is 0 Å². The lowest BCUT2D eigenvalue weighted by atomic mass is 10.0. The summed E-state index contributed by atoms with van der Waals surface area (Å²) in [6.45, 7) is 8.00. The highest BCUT2D eigenvalue weighted by Gasteiger charge is 2.31. The summed E-state index contributed by atoms with van der Waals surface area (Å²) in [4.78, 5) is 0. The van der Waals surface area contributed by atoms with Crippen LogP contribution in [0.3, 0.4) is 0 Å². The van der Waals surface area contributed by atoms with E-state index in [1.165, 1.54) is 0 Å². The molecule has 1 saturated heterocycles. The van der Waals surface area contributed by atoms with Gasteiger partial charge in [-0.05, 0) is 18.3 Å². The topological polar surface area (TPSA) is 60.2 Å². The number of ether oxygens (including phenoxy) is 1. The quantitative estimate of drug-likeness (QED) is 0.865. The minimum absolute atomic E-state index is 0.0292. The second kappa shape index (κ2) is 5.14. The van der Waals surface area contributed by atoms with Gasteiger partial charge in [-0.25, -0.2) is 0 Å². The average molecular weight is 239 g/mol. The third kappa shape index (κ3) is 2.50. The molecule has 0 amide bonds. The van der Waals surface area contributed by atoms with Crippen molar-refractivity contribution < 1.29 is 9.84 Å². The van der Waals surface area contributed by atoms with Crippen LogP contribution in [0.25, 0.3) is 0 Å². The van der Waals surface area contributed by atoms with Crippen molar-refractivity contribution in [3.63, 3.8) is 0 Å². The zero-order valence-electron chi connectivity index (χ0n) is 10.8. The third-order valence-corrected chi connectivity index (χ3v) is 3.19. The fraction of sp³-hybridized carbons (Fsp3) is 0.833. The van der Waals surface area contributed by atoms with E-state index in [9.17, 15) is 5.11 Å². The Kier molecular flexibility index (Phi) is 3.79. The number of aliphatic hydroxyl groups is 1. The molecular formula is C12H21N3O2. The van der Waals surface area contributed by atoms with Gasteiger partial charge in [-0.3, -0.25) is 0 Å². The monoisotopic (exact) mass is 239 g/mol. The molecule has 0 spiro atoms. The summed E-state index contributed by atoms with van der Waals surface area (Å²) < 4.78 is 7.74. The molecule has 1 fully saturated rings. The van der Waals surface area contributed by atoms with E-state index in [-0.39, 0.29) is 12.7 Å². The van der Waals surface area contributed by atoms with E-state index in [4.69, 9.17) is 4.74 Å². The molecule has 0 bridgehead atoms. The van der Waals surface area contributed by atoms with Gasteiger partial charge in [0, 0.05) is 13.2 Å². The average Bonchev–Trinajstić information content (AvgIpc) is 2.84. The Morgan fingerprint density at radius 1 is 1.47 bits per heavy atom. The van der Waals surface area contributed by atoms with Crippen LogP contribution in [0.15, 0.2) is 0 Å². The number of nitrogens with zero attached hydrogens (tertiary/aromatic N) is 3. The summed E-state index contributed by atoms with van der Waals surface area (Å²) in [7, 11) is 0. The molecular weight excluding hydrogens is 218 g/mol. The van der Waals surface area contributed by atoms with E-state index in [0.717, 1.165) is 25.4 Å². The van der Waals surface area contributed by atoms with Gasteiger partial charge in [-0.15, -0.1) is 10.2 Å². The Labute approximate surface area is 102 Å². The molecule has 5 heteroatoms. The van der Waals surface area contributed by atoms with E-state index in [1.54, 1.807) is 0 Å². The zero-order chi connectivity index (χ0) is 12.4. The highest BCUT2D eigenvalue weighted by Crippen LogP contribution is 2.33. The maximum absolute atomic E-state index is 9.29. The molecule has 2 unspecified atom stereocenters. The van der Waals surface area contributed by atoms with E-state index in [2.05, 4.69) is 31.0 Å². The largest absolute Gasteiger partial charge is 0.388 e. The van der Waals surface area contributed by atoms with Gasteiger partial charge in [0.15, 0.2) is 11.6 Å². The first-order valence-electron chi connectivity index (χ1n) is 6.28. The van der Waals surface area contributed by atoms with Crippen molar-refractivity contribution in [2.75, 3.05) is 6.61 Å². The zero-order valence-corrected chi connectivity index (χ0v) is 10.8. The third-order valence-electron chi connectivity index (χ3n) is 3.19. The molecule has 1 N–H and O–H groups in total. The smallest absolute Gasteiger partial charge is 0.162 e. The molecule has 0 saturated carbocycles. The molecule has 0 aliphatic carbocycles.